The molecular weight excluding hydrogens is 384 g/mol. The summed E-state index contributed by atoms with van der Waals surface area (Å²) in [6.45, 7) is 0.656. The molecule has 2 aromatic heterocycles. The summed E-state index contributed by atoms with van der Waals surface area (Å²) in [5, 5.41) is 15.5. The molecule has 0 bridgehead atoms. The quantitative estimate of drug-likeness (QED) is 0.530. The van der Waals surface area contributed by atoms with Gasteiger partial charge in [0, 0.05) is 29.2 Å². The first-order valence-electron chi connectivity index (χ1n) is 10.6. The van der Waals surface area contributed by atoms with Crippen molar-refractivity contribution in [2.45, 2.75) is 50.6 Å². The zero-order chi connectivity index (χ0) is 20.8. The van der Waals surface area contributed by atoms with E-state index in [0.29, 0.717) is 6.54 Å². The second-order valence-electron chi connectivity index (χ2n) is 8.22. The average molecular weight is 410 g/mol. The van der Waals surface area contributed by atoms with Crippen molar-refractivity contribution in [1.29, 1.82) is 0 Å². The molecular formula is C22H26N4O4. The third kappa shape index (κ3) is 2.94. The number of rotatable bonds is 3. The Balaban J connectivity index is 1.67. The van der Waals surface area contributed by atoms with Crippen LogP contribution in [0.1, 0.15) is 61.0 Å². The highest BCUT2D eigenvalue weighted by molar-refractivity contribution is 5.86. The summed E-state index contributed by atoms with van der Waals surface area (Å²) in [5.74, 6) is 0.545. The Labute approximate surface area is 172 Å². The number of aromatic hydroxyl groups is 1. The molecule has 8 nitrogen and oxygen atoms in total. The zero-order valence-corrected chi connectivity index (χ0v) is 17.0. The lowest BCUT2D eigenvalue weighted by Gasteiger charge is -2.28. The highest BCUT2D eigenvalue weighted by Gasteiger charge is 2.32. The number of nitrogens with one attached hydrogen (secondary N) is 3. The molecule has 30 heavy (non-hydrogen) atoms. The molecule has 1 aromatic carbocycles. The second kappa shape index (κ2) is 7.36. The van der Waals surface area contributed by atoms with Crippen LogP contribution in [0.15, 0.2) is 27.8 Å². The molecule has 3 aromatic rings. The Bertz CT molecular complexity index is 1220. The van der Waals surface area contributed by atoms with E-state index in [4.69, 9.17) is 4.74 Å². The smallest absolute Gasteiger partial charge is 0.331 e. The Morgan fingerprint density at radius 2 is 1.93 bits per heavy atom. The Hall–Kier alpha value is -3.00. The van der Waals surface area contributed by atoms with E-state index in [1.165, 1.54) is 4.57 Å². The summed E-state index contributed by atoms with van der Waals surface area (Å²) in [6.07, 6.45) is 5.61. The van der Waals surface area contributed by atoms with Crippen LogP contribution in [0.4, 0.5) is 0 Å². The number of hydrogen-bond donors (Lipinski definition) is 4. The van der Waals surface area contributed by atoms with E-state index < -0.39 is 17.3 Å². The van der Waals surface area contributed by atoms with Gasteiger partial charge in [-0.15, -0.1) is 0 Å². The van der Waals surface area contributed by atoms with Crippen LogP contribution in [0.3, 0.4) is 0 Å². The van der Waals surface area contributed by atoms with E-state index >= 15 is 0 Å². The van der Waals surface area contributed by atoms with E-state index in [1.807, 2.05) is 18.2 Å². The molecule has 158 valence electrons. The first kappa shape index (κ1) is 19.0. The van der Waals surface area contributed by atoms with Crippen molar-refractivity contribution in [3.63, 3.8) is 0 Å². The third-order valence-electron chi connectivity index (χ3n) is 6.54. The molecule has 2 aliphatic rings. The number of aromatic amines is 2. The first-order valence-corrected chi connectivity index (χ1v) is 10.6. The van der Waals surface area contributed by atoms with E-state index in [0.717, 1.165) is 66.4 Å². The van der Waals surface area contributed by atoms with Crippen LogP contribution < -0.4 is 21.3 Å². The van der Waals surface area contributed by atoms with Crippen LogP contribution in [0.2, 0.25) is 0 Å². The SMILES string of the molecule is COc1ccc2[nH]c3c(c2c1)CCN[C@H]3c1c(O)n(C2CCCCC2)c(=O)[nH]c1=O. The van der Waals surface area contributed by atoms with Crippen molar-refractivity contribution in [3.05, 3.63) is 55.9 Å². The van der Waals surface area contributed by atoms with Gasteiger partial charge in [0.25, 0.3) is 5.56 Å². The molecule has 1 aliphatic heterocycles. The lowest BCUT2D eigenvalue weighted by molar-refractivity contribution is 0.293. The fourth-order valence-corrected chi connectivity index (χ4v) is 5.07. The highest BCUT2D eigenvalue weighted by atomic mass is 16.5. The van der Waals surface area contributed by atoms with Gasteiger partial charge in [0.15, 0.2) is 0 Å². The number of H-pyrrole nitrogens is 2. The molecule has 0 unspecified atom stereocenters. The van der Waals surface area contributed by atoms with Crippen molar-refractivity contribution in [2.75, 3.05) is 13.7 Å². The molecule has 1 fully saturated rings. The lowest BCUT2D eigenvalue weighted by atomic mass is 9.93. The number of benzene rings is 1. The van der Waals surface area contributed by atoms with Crippen molar-refractivity contribution < 1.29 is 9.84 Å². The molecule has 0 amide bonds. The fraction of sp³-hybridized carbons (Fsp3) is 0.455. The van der Waals surface area contributed by atoms with Gasteiger partial charge in [-0.2, -0.15) is 0 Å². The minimum Gasteiger partial charge on any atom is -0.497 e. The summed E-state index contributed by atoms with van der Waals surface area (Å²) in [4.78, 5) is 31.2. The van der Waals surface area contributed by atoms with Gasteiger partial charge in [0.1, 0.15) is 11.3 Å². The monoisotopic (exact) mass is 410 g/mol. The van der Waals surface area contributed by atoms with Crippen molar-refractivity contribution >= 4 is 10.9 Å². The van der Waals surface area contributed by atoms with E-state index in [-0.39, 0.29) is 17.5 Å². The molecule has 5 rings (SSSR count). The second-order valence-corrected chi connectivity index (χ2v) is 8.22. The number of aromatic nitrogens is 3. The minimum absolute atomic E-state index is 0.0862. The largest absolute Gasteiger partial charge is 0.497 e. The van der Waals surface area contributed by atoms with Gasteiger partial charge in [0.05, 0.1) is 13.2 Å². The van der Waals surface area contributed by atoms with Gasteiger partial charge in [-0.1, -0.05) is 19.3 Å². The Morgan fingerprint density at radius 1 is 1.13 bits per heavy atom. The molecule has 4 N–H and O–H groups in total. The Morgan fingerprint density at radius 3 is 2.70 bits per heavy atom. The van der Waals surface area contributed by atoms with Gasteiger partial charge in [0.2, 0.25) is 5.88 Å². The van der Waals surface area contributed by atoms with Gasteiger partial charge < -0.3 is 20.1 Å². The lowest BCUT2D eigenvalue weighted by Crippen LogP contribution is -2.40. The van der Waals surface area contributed by atoms with Gasteiger partial charge in [-0.3, -0.25) is 14.3 Å². The number of ether oxygens (including phenoxy) is 1. The Kier molecular flexibility index (Phi) is 4.66. The van der Waals surface area contributed by atoms with Gasteiger partial charge >= 0.3 is 5.69 Å². The van der Waals surface area contributed by atoms with Crippen LogP contribution in [0.25, 0.3) is 10.9 Å². The van der Waals surface area contributed by atoms with Crippen LogP contribution in [0.5, 0.6) is 11.6 Å². The number of methoxy groups -OCH3 is 1. The van der Waals surface area contributed by atoms with Crippen LogP contribution >= 0.6 is 0 Å². The van der Waals surface area contributed by atoms with Crippen LogP contribution in [0, 0.1) is 0 Å². The number of hydrogen-bond acceptors (Lipinski definition) is 5. The fourth-order valence-electron chi connectivity index (χ4n) is 5.07. The van der Waals surface area contributed by atoms with Gasteiger partial charge in [-0.05, 0) is 43.0 Å². The predicted octanol–water partition coefficient (Wildman–Crippen LogP) is 2.47. The maximum atomic E-state index is 12.8. The molecule has 1 aliphatic carbocycles. The summed E-state index contributed by atoms with van der Waals surface area (Å²) < 4.78 is 6.75. The molecule has 1 saturated carbocycles. The topological polar surface area (TPSA) is 112 Å². The first-order chi connectivity index (χ1) is 14.6. The highest BCUT2D eigenvalue weighted by Crippen LogP contribution is 2.37. The summed E-state index contributed by atoms with van der Waals surface area (Å²) in [6, 6.07) is 5.22. The molecule has 0 radical (unpaired) electrons. The van der Waals surface area contributed by atoms with E-state index in [1.54, 1.807) is 7.11 Å². The predicted molar refractivity (Wildman–Crippen MR) is 114 cm³/mol. The van der Waals surface area contributed by atoms with Crippen molar-refractivity contribution in [2.24, 2.45) is 0 Å². The number of fused-ring (bicyclic) bond motifs is 3. The summed E-state index contributed by atoms with van der Waals surface area (Å²) in [5.41, 5.74) is 2.00. The van der Waals surface area contributed by atoms with Crippen LogP contribution in [-0.4, -0.2) is 33.3 Å². The molecule has 8 heteroatoms. The van der Waals surface area contributed by atoms with Crippen molar-refractivity contribution in [1.82, 2.24) is 19.9 Å². The summed E-state index contributed by atoms with van der Waals surface area (Å²) >= 11 is 0. The third-order valence-corrected chi connectivity index (χ3v) is 6.54. The van der Waals surface area contributed by atoms with Crippen molar-refractivity contribution in [3.8, 4) is 11.6 Å². The standard InChI is InChI=1S/C22H26N4O4/c1-30-13-7-8-16-15(11-13)14-9-10-23-19(18(14)24-16)17-20(27)25-22(29)26(21(17)28)12-5-3-2-4-6-12/h7-8,11-12,19,23-24,28H,2-6,9-10H2,1H3,(H,25,27,29)/t19-/m0/s1. The minimum atomic E-state index is -0.550. The van der Waals surface area contributed by atoms with E-state index in [2.05, 4.69) is 15.3 Å². The molecule has 0 spiro atoms. The average Bonchev–Trinajstić information content (AvgIpc) is 3.13. The van der Waals surface area contributed by atoms with Crippen LogP contribution in [-0.2, 0) is 6.42 Å². The van der Waals surface area contributed by atoms with Gasteiger partial charge in [-0.25, -0.2) is 4.79 Å². The molecule has 1 atom stereocenters. The maximum absolute atomic E-state index is 12.8. The summed E-state index contributed by atoms with van der Waals surface area (Å²) in [7, 11) is 1.64. The molecule has 0 saturated heterocycles. The number of nitrogens with zero attached hydrogens (tertiary/aromatic N) is 1. The maximum Gasteiger partial charge on any atom is 0.331 e. The normalized spacial score (nSPS) is 19.7. The molecule has 3 heterocycles. The zero-order valence-electron chi connectivity index (χ0n) is 17.0. The van der Waals surface area contributed by atoms with E-state index in [9.17, 15) is 14.7 Å².